The third-order valence-electron chi connectivity index (χ3n) is 8.26. The van der Waals surface area contributed by atoms with Gasteiger partial charge in [-0.05, 0) is 67.5 Å². The molecule has 1 unspecified atom stereocenters. The van der Waals surface area contributed by atoms with E-state index in [0.717, 1.165) is 54.0 Å². The molecule has 1 saturated heterocycles. The number of amides is 1. The number of nitrogens with zero attached hydrogens (tertiary/aromatic N) is 5. The van der Waals surface area contributed by atoms with E-state index < -0.39 is 0 Å². The van der Waals surface area contributed by atoms with Crippen molar-refractivity contribution in [2.75, 3.05) is 20.2 Å². The normalized spacial score (nSPS) is 17.6. The molecule has 204 valence electrons. The number of aromatic nitrogens is 4. The van der Waals surface area contributed by atoms with E-state index in [1.807, 2.05) is 29.3 Å². The molecular weight excluding hydrogens is 500 g/mol. The lowest BCUT2D eigenvalue weighted by Gasteiger charge is -2.30. The lowest BCUT2D eigenvalue weighted by molar-refractivity contribution is 0.0708. The van der Waals surface area contributed by atoms with Crippen LogP contribution >= 0.6 is 0 Å². The van der Waals surface area contributed by atoms with Gasteiger partial charge in [-0.3, -0.25) is 9.78 Å². The summed E-state index contributed by atoms with van der Waals surface area (Å²) in [5.41, 5.74) is 11.7. The van der Waals surface area contributed by atoms with Gasteiger partial charge in [0, 0.05) is 54.5 Å². The second-order valence-corrected chi connectivity index (χ2v) is 11.2. The zero-order valence-electron chi connectivity index (χ0n) is 22.8. The molecule has 7 rings (SSSR count). The predicted octanol–water partition coefficient (Wildman–Crippen LogP) is 5.08. The molecule has 1 aliphatic carbocycles. The van der Waals surface area contributed by atoms with Crippen LogP contribution in [0, 0.1) is 5.92 Å². The smallest absolute Gasteiger partial charge is 0.254 e. The summed E-state index contributed by atoms with van der Waals surface area (Å²) in [6.45, 7) is 2.83. The highest BCUT2D eigenvalue weighted by atomic mass is 16.5. The van der Waals surface area contributed by atoms with Gasteiger partial charge in [-0.2, -0.15) is 0 Å². The van der Waals surface area contributed by atoms with Crippen molar-refractivity contribution in [3.8, 4) is 17.3 Å². The molecular formula is C32H34N6O2. The van der Waals surface area contributed by atoms with E-state index in [1.54, 1.807) is 13.3 Å². The van der Waals surface area contributed by atoms with Crippen molar-refractivity contribution >= 4 is 27.8 Å². The van der Waals surface area contributed by atoms with Crippen LogP contribution in [-0.4, -0.2) is 56.2 Å². The van der Waals surface area contributed by atoms with Crippen LogP contribution in [-0.2, 0) is 13.1 Å². The number of likely N-dealkylation sites (tertiary alicyclic amines) is 1. The number of methoxy groups -OCH3 is 1. The highest BCUT2D eigenvalue weighted by Gasteiger charge is 2.28. The molecule has 1 atom stereocenters. The summed E-state index contributed by atoms with van der Waals surface area (Å²) in [4.78, 5) is 25.0. The molecule has 1 saturated carbocycles. The zero-order chi connectivity index (χ0) is 27.2. The van der Waals surface area contributed by atoms with Crippen LogP contribution in [0.3, 0.4) is 0 Å². The fourth-order valence-corrected chi connectivity index (χ4v) is 6.06. The van der Waals surface area contributed by atoms with Gasteiger partial charge >= 0.3 is 0 Å². The number of piperidine rings is 1. The second kappa shape index (κ2) is 10.1. The predicted molar refractivity (Wildman–Crippen MR) is 156 cm³/mol. The minimum atomic E-state index is -0.0263. The monoisotopic (exact) mass is 534 g/mol. The van der Waals surface area contributed by atoms with Gasteiger partial charge in [0.1, 0.15) is 11.3 Å². The quantitative estimate of drug-likeness (QED) is 0.314. The molecule has 2 fully saturated rings. The van der Waals surface area contributed by atoms with Gasteiger partial charge < -0.3 is 24.5 Å². The fourth-order valence-electron chi connectivity index (χ4n) is 6.06. The molecule has 5 aromatic rings. The van der Waals surface area contributed by atoms with Crippen molar-refractivity contribution in [1.29, 1.82) is 0 Å². The third-order valence-corrected chi connectivity index (χ3v) is 8.26. The van der Waals surface area contributed by atoms with Crippen molar-refractivity contribution in [3.63, 3.8) is 0 Å². The Kier molecular flexibility index (Phi) is 6.27. The van der Waals surface area contributed by atoms with Gasteiger partial charge in [-0.1, -0.05) is 24.3 Å². The average molecular weight is 535 g/mol. The van der Waals surface area contributed by atoms with E-state index in [1.165, 1.54) is 23.7 Å². The Labute approximate surface area is 233 Å². The number of pyridine rings is 1. The molecule has 40 heavy (non-hydrogen) atoms. The van der Waals surface area contributed by atoms with Crippen molar-refractivity contribution < 1.29 is 9.53 Å². The van der Waals surface area contributed by atoms with Crippen molar-refractivity contribution in [1.82, 2.24) is 24.0 Å². The third kappa shape index (κ3) is 4.52. The maximum atomic E-state index is 13.6. The van der Waals surface area contributed by atoms with Crippen molar-refractivity contribution in [2.24, 2.45) is 11.7 Å². The maximum absolute atomic E-state index is 13.6. The summed E-state index contributed by atoms with van der Waals surface area (Å²) in [5.74, 6) is 2.16. The summed E-state index contributed by atoms with van der Waals surface area (Å²) < 4.78 is 10.6. The second-order valence-electron chi connectivity index (χ2n) is 11.2. The van der Waals surface area contributed by atoms with Crippen LogP contribution in [0.2, 0.25) is 0 Å². The Morgan fingerprint density at radius 1 is 1.07 bits per heavy atom. The van der Waals surface area contributed by atoms with E-state index in [2.05, 4.69) is 50.5 Å². The molecule has 8 heteroatoms. The molecule has 2 N–H and O–H groups in total. The topological polar surface area (TPSA) is 91.2 Å². The zero-order valence-corrected chi connectivity index (χ0v) is 22.8. The molecule has 0 bridgehead atoms. The number of carbonyl (C=O) groups excluding carboxylic acids is 1. The molecule has 2 aromatic carbocycles. The van der Waals surface area contributed by atoms with E-state index in [0.29, 0.717) is 30.3 Å². The minimum Gasteiger partial charge on any atom is -0.494 e. The number of ether oxygens (including phenoxy) is 1. The summed E-state index contributed by atoms with van der Waals surface area (Å²) >= 11 is 0. The summed E-state index contributed by atoms with van der Waals surface area (Å²) in [5, 5.41) is 1.20. The number of nitrogens with two attached hydrogens (primary N) is 1. The molecule has 0 radical (unpaired) electrons. The van der Waals surface area contributed by atoms with Crippen LogP contribution in [0.4, 0.5) is 0 Å². The maximum Gasteiger partial charge on any atom is 0.254 e. The highest BCUT2D eigenvalue weighted by molar-refractivity contribution is 6.00. The standard InChI is InChI=1S/C32H34N6O2/c1-40-29-16-24(32(39)36-13-5-8-25(33)20-36)14-26-30(29)38(19-22-6-4-12-34-17-22)31(35-26)28-15-23-7-2-3-9-27(23)37(28)18-21-10-11-21/h2-4,6-7,9,12,14-17,21,25H,5,8,10-11,13,18-20,33H2,1H3. The Hall–Kier alpha value is -4.17. The average Bonchev–Trinajstić information content (AvgIpc) is 3.64. The van der Waals surface area contributed by atoms with Crippen LogP contribution in [0.5, 0.6) is 5.75 Å². The first-order chi connectivity index (χ1) is 19.6. The lowest BCUT2D eigenvalue weighted by Crippen LogP contribution is -2.45. The SMILES string of the molecule is COc1cc(C(=O)N2CCCC(N)C2)cc2nc(-c3cc4ccccc4n3CC3CC3)n(Cc3cccnc3)c12. The van der Waals surface area contributed by atoms with Gasteiger partial charge in [0.05, 0.1) is 24.9 Å². The first-order valence-electron chi connectivity index (χ1n) is 14.2. The van der Waals surface area contributed by atoms with Gasteiger partial charge in [0.15, 0.2) is 5.82 Å². The van der Waals surface area contributed by atoms with Crippen LogP contribution in [0.25, 0.3) is 33.5 Å². The summed E-state index contributed by atoms with van der Waals surface area (Å²) in [6, 6.07) is 18.6. The molecule has 1 aliphatic heterocycles. The van der Waals surface area contributed by atoms with Gasteiger partial charge in [0.25, 0.3) is 5.91 Å². The number of imidazole rings is 1. The Balaban J connectivity index is 1.42. The lowest BCUT2D eigenvalue weighted by atomic mass is 10.0. The molecule has 4 heterocycles. The van der Waals surface area contributed by atoms with Gasteiger partial charge in [-0.15, -0.1) is 0 Å². The van der Waals surface area contributed by atoms with E-state index in [9.17, 15) is 4.79 Å². The number of benzene rings is 2. The first kappa shape index (κ1) is 24.8. The number of carbonyl (C=O) groups is 1. The molecule has 8 nitrogen and oxygen atoms in total. The van der Waals surface area contributed by atoms with Crippen LogP contribution in [0.15, 0.2) is 67.0 Å². The minimum absolute atomic E-state index is 0.0157. The van der Waals surface area contributed by atoms with Crippen molar-refractivity contribution in [2.45, 2.75) is 44.8 Å². The fraction of sp³-hybridized carbons (Fsp3) is 0.344. The number of para-hydroxylation sites is 1. The first-order valence-corrected chi connectivity index (χ1v) is 14.2. The molecule has 0 spiro atoms. The molecule has 1 amide bonds. The van der Waals surface area contributed by atoms with Gasteiger partial charge in [-0.25, -0.2) is 4.98 Å². The van der Waals surface area contributed by atoms with Crippen molar-refractivity contribution in [3.05, 3.63) is 78.1 Å². The number of hydrogen-bond acceptors (Lipinski definition) is 5. The largest absolute Gasteiger partial charge is 0.494 e. The van der Waals surface area contributed by atoms with Crippen LogP contribution in [0.1, 0.15) is 41.6 Å². The number of rotatable bonds is 7. The number of fused-ring (bicyclic) bond motifs is 2. The molecule has 2 aliphatic rings. The van der Waals surface area contributed by atoms with Gasteiger partial charge in [0.2, 0.25) is 0 Å². The highest BCUT2D eigenvalue weighted by Crippen LogP contribution is 2.38. The summed E-state index contributed by atoms with van der Waals surface area (Å²) in [6.07, 6.45) is 8.06. The Morgan fingerprint density at radius 3 is 2.73 bits per heavy atom. The summed E-state index contributed by atoms with van der Waals surface area (Å²) in [7, 11) is 1.66. The molecule has 3 aromatic heterocycles. The Morgan fingerprint density at radius 2 is 1.95 bits per heavy atom. The van der Waals surface area contributed by atoms with Crippen LogP contribution < -0.4 is 10.5 Å². The number of hydrogen-bond donors (Lipinski definition) is 1. The van der Waals surface area contributed by atoms with E-state index in [4.69, 9.17) is 15.5 Å². The van der Waals surface area contributed by atoms with E-state index in [-0.39, 0.29) is 11.9 Å². The Bertz CT molecular complexity index is 1700. The van der Waals surface area contributed by atoms with E-state index >= 15 is 0 Å².